The van der Waals surface area contributed by atoms with Crippen LogP contribution in [0.15, 0.2) is 46.0 Å². The summed E-state index contributed by atoms with van der Waals surface area (Å²) in [6.07, 6.45) is 0.571. The largest absolute Gasteiger partial charge is 0.443 e. The van der Waals surface area contributed by atoms with E-state index in [4.69, 9.17) is 20.9 Å². The highest BCUT2D eigenvalue weighted by Gasteiger charge is 2.28. The number of amides is 1. The molecule has 3 rings (SSSR count). The van der Waals surface area contributed by atoms with Crippen molar-refractivity contribution in [3.8, 4) is 0 Å². The van der Waals surface area contributed by atoms with Crippen molar-refractivity contribution in [3.05, 3.63) is 58.8 Å². The molecular formula is C20H22ClFN2O3. The first-order valence-electron chi connectivity index (χ1n) is 8.92. The third-order valence-electron chi connectivity index (χ3n) is 4.27. The molecule has 0 bridgehead atoms. The van der Waals surface area contributed by atoms with E-state index in [1.54, 1.807) is 35.2 Å². The topological polar surface area (TPSA) is 55.0 Å². The van der Waals surface area contributed by atoms with Gasteiger partial charge >= 0.3 is 0 Å². The zero-order valence-electron chi connectivity index (χ0n) is 15.3. The molecule has 1 aromatic heterocycles. The minimum absolute atomic E-state index is 0.0358. The van der Waals surface area contributed by atoms with E-state index in [2.05, 4.69) is 5.16 Å². The van der Waals surface area contributed by atoms with Gasteiger partial charge < -0.3 is 14.2 Å². The molecule has 0 saturated carbocycles. The van der Waals surface area contributed by atoms with Crippen LogP contribution in [0.1, 0.15) is 38.0 Å². The minimum atomic E-state index is -0.325. The zero-order chi connectivity index (χ0) is 19.4. The molecule has 0 saturated heterocycles. The summed E-state index contributed by atoms with van der Waals surface area (Å²) in [5.41, 5.74) is 1.13. The van der Waals surface area contributed by atoms with Crippen LogP contribution >= 0.6 is 11.6 Å². The lowest BCUT2D eigenvalue weighted by molar-refractivity contribution is -0.134. The summed E-state index contributed by atoms with van der Waals surface area (Å²) in [5, 5.41) is 4.33. The Balaban J connectivity index is 1.68. The van der Waals surface area contributed by atoms with Gasteiger partial charge in [-0.2, -0.15) is 0 Å². The van der Waals surface area contributed by atoms with Crippen molar-refractivity contribution in [2.75, 3.05) is 6.54 Å². The van der Waals surface area contributed by atoms with Crippen LogP contribution in [0.4, 0.5) is 4.39 Å². The minimum Gasteiger partial charge on any atom is -0.443 e. The van der Waals surface area contributed by atoms with Crippen molar-refractivity contribution in [2.45, 2.75) is 39.3 Å². The second-order valence-corrected chi connectivity index (χ2v) is 7.41. The van der Waals surface area contributed by atoms with Gasteiger partial charge in [0.2, 0.25) is 5.91 Å². The van der Waals surface area contributed by atoms with E-state index in [1.807, 2.05) is 13.8 Å². The number of nitrogens with zero attached hydrogens (tertiary/aromatic N) is 2. The van der Waals surface area contributed by atoms with Gasteiger partial charge in [0.15, 0.2) is 17.1 Å². The van der Waals surface area contributed by atoms with Gasteiger partial charge in [-0.15, -0.1) is 0 Å². The summed E-state index contributed by atoms with van der Waals surface area (Å²) >= 11 is 5.80. The number of carbonyl (C=O) groups is 1. The first kappa shape index (κ1) is 19.4. The fourth-order valence-electron chi connectivity index (χ4n) is 2.95. The van der Waals surface area contributed by atoms with Crippen LogP contribution in [0.3, 0.4) is 0 Å². The molecule has 27 heavy (non-hydrogen) atoms. The van der Waals surface area contributed by atoms with E-state index in [-0.39, 0.29) is 35.5 Å². The molecule has 1 aromatic carbocycles. The molecule has 7 heteroatoms. The van der Waals surface area contributed by atoms with E-state index in [0.29, 0.717) is 36.4 Å². The smallest absolute Gasteiger partial charge is 0.223 e. The number of benzene rings is 1. The van der Waals surface area contributed by atoms with E-state index in [0.717, 1.165) is 0 Å². The number of rotatable bonds is 7. The first-order valence-corrected chi connectivity index (χ1v) is 9.29. The molecule has 2 heterocycles. The number of furan rings is 1. The quantitative estimate of drug-likeness (QED) is 0.689. The number of hydrogen-bond donors (Lipinski definition) is 0. The van der Waals surface area contributed by atoms with Crippen molar-refractivity contribution in [1.29, 1.82) is 0 Å². The Hall–Kier alpha value is -2.34. The Kier molecular flexibility index (Phi) is 6.16. The van der Waals surface area contributed by atoms with E-state index in [9.17, 15) is 9.18 Å². The fraction of sp³-hybridized carbons (Fsp3) is 0.400. The van der Waals surface area contributed by atoms with Gasteiger partial charge in [0.1, 0.15) is 11.5 Å². The van der Waals surface area contributed by atoms with Crippen LogP contribution in [-0.2, 0) is 16.2 Å². The maximum atomic E-state index is 14.1. The van der Waals surface area contributed by atoms with Gasteiger partial charge in [-0.3, -0.25) is 4.79 Å². The van der Waals surface area contributed by atoms with Crippen LogP contribution in [0.25, 0.3) is 0 Å². The van der Waals surface area contributed by atoms with Crippen molar-refractivity contribution < 1.29 is 18.4 Å². The molecule has 1 atom stereocenters. The highest BCUT2D eigenvalue weighted by molar-refractivity contribution is 6.29. The third-order valence-corrected chi connectivity index (χ3v) is 4.47. The van der Waals surface area contributed by atoms with Crippen LogP contribution in [0.2, 0.25) is 5.22 Å². The molecule has 0 spiro atoms. The lowest BCUT2D eigenvalue weighted by atomic mass is 10.1. The normalized spacial score (nSPS) is 16.3. The molecule has 1 aliphatic rings. The summed E-state index contributed by atoms with van der Waals surface area (Å²) in [4.78, 5) is 19.8. The standard InChI is InChI=1S/C20H22ClFN2O3/c1-13(2)9-20(25)24(11-14-5-3-4-6-16(14)22)12-15-10-17(23-27-15)18-7-8-19(21)26-18/h3-8,13,15H,9-12H2,1-2H3/t15-/m0/s1. The average Bonchev–Trinajstić information content (AvgIpc) is 3.24. The van der Waals surface area contributed by atoms with Crippen LogP contribution in [0, 0.1) is 11.7 Å². The Morgan fingerprint density at radius 2 is 2.11 bits per heavy atom. The third kappa shape index (κ3) is 5.10. The predicted molar refractivity (Wildman–Crippen MR) is 101 cm³/mol. The summed E-state index contributed by atoms with van der Waals surface area (Å²) in [6, 6.07) is 9.85. The number of hydrogen-bond acceptors (Lipinski definition) is 4. The second kappa shape index (κ2) is 8.57. The van der Waals surface area contributed by atoms with Crippen molar-refractivity contribution in [1.82, 2.24) is 4.90 Å². The highest BCUT2D eigenvalue weighted by Crippen LogP contribution is 2.22. The molecule has 5 nitrogen and oxygen atoms in total. The maximum absolute atomic E-state index is 14.1. The summed E-state index contributed by atoms with van der Waals surface area (Å²) in [6.45, 7) is 4.47. The molecule has 0 N–H and O–H groups in total. The molecular weight excluding hydrogens is 371 g/mol. The first-order chi connectivity index (χ1) is 12.9. The molecule has 0 radical (unpaired) electrons. The molecule has 144 valence electrons. The van der Waals surface area contributed by atoms with Crippen molar-refractivity contribution in [3.63, 3.8) is 0 Å². The van der Waals surface area contributed by atoms with E-state index in [1.165, 1.54) is 6.07 Å². The number of carbonyl (C=O) groups excluding carboxylic acids is 1. The summed E-state index contributed by atoms with van der Waals surface area (Å²) in [5.74, 6) is 0.402. The van der Waals surface area contributed by atoms with Gasteiger partial charge in [-0.25, -0.2) is 4.39 Å². The van der Waals surface area contributed by atoms with Gasteiger partial charge in [0.05, 0.1) is 6.54 Å². The van der Waals surface area contributed by atoms with Gasteiger partial charge in [0, 0.05) is 24.9 Å². The highest BCUT2D eigenvalue weighted by atomic mass is 35.5. The lowest BCUT2D eigenvalue weighted by Gasteiger charge is -2.26. The van der Waals surface area contributed by atoms with Crippen molar-refractivity contribution >= 4 is 23.2 Å². The Labute approximate surface area is 162 Å². The van der Waals surface area contributed by atoms with Crippen LogP contribution < -0.4 is 0 Å². The maximum Gasteiger partial charge on any atom is 0.223 e. The number of oxime groups is 1. The molecule has 2 aromatic rings. The van der Waals surface area contributed by atoms with Gasteiger partial charge in [0.25, 0.3) is 0 Å². The fourth-order valence-corrected chi connectivity index (χ4v) is 3.10. The molecule has 0 unspecified atom stereocenters. The van der Waals surface area contributed by atoms with Gasteiger partial charge in [-0.1, -0.05) is 37.2 Å². The van der Waals surface area contributed by atoms with Crippen LogP contribution in [0.5, 0.6) is 0 Å². The number of halogens is 2. The Bertz CT molecular complexity index is 834. The monoisotopic (exact) mass is 392 g/mol. The van der Waals surface area contributed by atoms with Gasteiger partial charge in [-0.05, 0) is 35.7 Å². The average molecular weight is 393 g/mol. The Morgan fingerprint density at radius 1 is 1.33 bits per heavy atom. The lowest BCUT2D eigenvalue weighted by Crippen LogP contribution is -2.38. The zero-order valence-corrected chi connectivity index (χ0v) is 16.1. The second-order valence-electron chi connectivity index (χ2n) is 7.04. The van der Waals surface area contributed by atoms with Crippen molar-refractivity contribution in [2.24, 2.45) is 11.1 Å². The molecule has 1 amide bonds. The molecule has 1 aliphatic heterocycles. The van der Waals surface area contributed by atoms with Crippen LogP contribution in [-0.4, -0.2) is 29.2 Å². The molecule has 0 aliphatic carbocycles. The molecule has 0 fully saturated rings. The Morgan fingerprint density at radius 3 is 2.78 bits per heavy atom. The van der Waals surface area contributed by atoms with E-state index < -0.39 is 0 Å². The summed E-state index contributed by atoms with van der Waals surface area (Å²) < 4.78 is 19.4. The van der Waals surface area contributed by atoms with E-state index >= 15 is 0 Å². The summed E-state index contributed by atoms with van der Waals surface area (Å²) in [7, 11) is 0. The predicted octanol–water partition coefficient (Wildman–Crippen LogP) is 4.64. The SMILES string of the molecule is CC(C)CC(=O)N(Cc1ccccc1F)C[C@@H]1CC(c2ccc(Cl)o2)=NO1.